The molecule has 0 unspecified atom stereocenters. The first-order valence-corrected chi connectivity index (χ1v) is 6.66. The SMILES string of the molecule is Cc1ncsc1CN(C)c1c(CO)c(C)nn1C. The highest BCUT2D eigenvalue weighted by Crippen LogP contribution is 2.25. The monoisotopic (exact) mass is 266 g/mol. The average molecular weight is 266 g/mol. The topological polar surface area (TPSA) is 54.2 Å². The van der Waals surface area contributed by atoms with E-state index in [4.69, 9.17) is 0 Å². The van der Waals surface area contributed by atoms with Crippen LogP contribution in [0.25, 0.3) is 0 Å². The van der Waals surface area contributed by atoms with Crippen molar-refractivity contribution in [2.45, 2.75) is 27.0 Å². The molecule has 0 saturated heterocycles. The predicted octanol–water partition coefficient (Wildman–Crippen LogP) is 1.62. The predicted molar refractivity (Wildman–Crippen MR) is 72.8 cm³/mol. The summed E-state index contributed by atoms with van der Waals surface area (Å²) in [4.78, 5) is 7.59. The smallest absolute Gasteiger partial charge is 0.132 e. The van der Waals surface area contributed by atoms with Crippen LogP contribution in [0.2, 0.25) is 0 Å². The summed E-state index contributed by atoms with van der Waals surface area (Å²) in [6.45, 7) is 4.73. The van der Waals surface area contributed by atoms with Crippen LogP contribution < -0.4 is 4.90 Å². The molecule has 0 saturated carbocycles. The molecule has 0 aliphatic rings. The normalized spacial score (nSPS) is 10.9. The van der Waals surface area contributed by atoms with Crippen LogP contribution in [0.15, 0.2) is 5.51 Å². The summed E-state index contributed by atoms with van der Waals surface area (Å²) in [5.41, 5.74) is 4.70. The minimum absolute atomic E-state index is 0.0149. The molecule has 0 radical (unpaired) electrons. The van der Waals surface area contributed by atoms with Crippen LogP contribution in [-0.2, 0) is 20.2 Å². The van der Waals surface area contributed by atoms with Gasteiger partial charge in [-0.1, -0.05) is 0 Å². The molecule has 0 fully saturated rings. The molecule has 98 valence electrons. The van der Waals surface area contributed by atoms with Gasteiger partial charge in [-0.25, -0.2) is 4.98 Å². The zero-order valence-electron chi connectivity index (χ0n) is 11.1. The highest BCUT2D eigenvalue weighted by Gasteiger charge is 2.17. The van der Waals surface area contributed by atoms with Gasteiger partial charge in [0.2, 0.25) is 0 Å². The lowest BCUT2D eigenvalue weighted by atomic mass is 10.2. The van der Waals surface area contributed by atoms with E-state index >= 15 is 0 Å². The first-order valence-electron chi connectivity index (χ1n) is 5.78. The maximum absolute atomic E-state index is 9.45. The maximum atomic E-state index is 9.45. The van der Waals surface area contributed by atoms with E-state index in [-0.39, 0.29) is 6.61 Å². The lowest BCUT2D eigenvalue weighted by molar-refractivity contribution is 0.281. The summed E-state index contributed by atoms with van der Waals surface area (Å²) < 4.78 is 1.82. The Bertz CT molecular complexity index is 546. The standard InChI is InChI=1S/C12H18N4OS/c1-8-10(6-17)12(16(4)14-8)15(3)5-11-9(2)13-7-18-11/h7,17H,5-6H2,1-4H3. The van der Waals surface area contributed by atoms with Crippen molar-refractivity contribution in [3.8, 4) is 0 Å². The zero-order chi connectivity index (χ0) is 13.3. The number of hydrogen-bond acceptors (Lipinski definition) is 5. The Hall–Kier alpha value is -1.40. The number of aryl methyl sites for hydroxylation is 3. The number of aliphatic hydroxyl groups excluding tert-OH is 1. The highest BCUT2D eigenvalue weighted by atomic mass is 32.1. The zero-order valence-corrected chi connectivity index (χ0v) is 12.0. The Morgan fingerprint density at radius 3 is 2.67 bits per heavy atom. The highest BCUT2D eigenvalue weighted by molar-refractivity contribution is 7.09. The van der Waals surface area contributed by atoms with Gasteiger partial charge in [0.25, 0.3) is 0 Å². The van der Waals surface area contributed by atoms with Gasteiger partial charge in [-0.2, -0.15) is 5.10 Å². The number of rotatable bonds is 4. The van der Waals surface area contributed by atoms with Gasteiger partial charge in [0.05, 0.1) is 30.1 Å². The first-order chi connectivity index (χ1) is 8.54. The van der Waals surface area contributed by atoms with Gasteiger partial charge in [-0.15, -0.1) is 11.3 Å². The van der Waals surface area contributed by atoms with Gasteiger partial charge >= 0.3 is 0 Å². The first kappa shape index (κ1) is 13.0. The third-order valence-corrected chi connectivity index (χ3v) is 3.98. The van der Waals surface area contributed by atoms with E-state index in [9.17, 15) is 5.11 Å². The molecule has 6 heteroatoms. The van der Waals surface area contributed by atoms with E-state index in [0.29, 0.717) is 0 Å². The quantitative estimate of drug-likeness (QED) is 0.913. The van der Waals surface area contributed by atoms with Crippen molar-refractivity contribution in [1.29, 1.82) is 0 Å². The molecule has 0 aromatic carbocycles. The van der Waals surface area contributed by atoms with Gasteiger partial charge in [-0.05, 0) is 13.8 Å². The van der Waals surface area contributed by atoms with Crippen LogP contribution in [0.5, 0.6) is 0 Å². The average Bonchev–Trinajstić information content (AvgIpc) is 2.82. The van der Waals surface area contributed by atoms with E-state index in [1.165, 1.54) is 4.88 Å². The van der Waals surface area contributed by atoms with Crippen molar-refractivity contribution >= 4 is 17.2 Å². The molecule has 0 aliphatic carbocycles. The molecule has 0 bridgehead atoms. The lowest BCUT2D eigenvalue weighted by Crippen LogP contribution is -2.20. The molecule has 2 aromatic heterocycles. The third-order valence-electron chi connectivity index (χ3n) is 3.06. The van der Waals surface area contributed by atoms with Gasteiger partial charge < -0.3 is 10.0 Å². The van der Waals surface area contributed by atoms with Gasteiger partial charge in [0.15, 0.2) is 0 Å². The summed E-state index contributed by atoms with van der Waals surface area (Å²) in [5, 5.41) is 13.8. The van der Waals surface area contributed by atoms with Crippen molar-refractivity contribution < 1.29 is 5.11 Å². The van der Waals surface area contributed by atoms with E-state index in [0.717, 1.165) is 29.3 Å². The van der Waals surface area contributed by atoms with Gasteiger partial charge in [-0.3, -0.25) is 4.68 Å². The van der Waals surface area contributed by atoms with Crippen LogP contribution in [0, 0.1) is 13.8 Å². The van der Waals surface area contributed by atoms with Crippen molar-refractivity contribution in [2.75, 3.05) is 11.9 Å². The number of hydrogen-bond donors (Lipinski definition) is 1. The molecule has 0 atom stereocenters. The van der Waals surface area contributed by atoms with Crippen LogP contribution in [-0.4, -0.2) is 26.9 Å². The fourth-order valence-electron chi connectivity index (χ4n) is 2.12. The van der Waals surface area contributed by atoms with Crippen molar-refractivity contribution in [3.05, 3.63) is 27.3 Å². The molecule has 0 spiro atoms. The van der Waals surface area contributed by atoms with E-state index < -0.39 is 0 Å². The molecule has 2 heterocycles. The van der Waals surface area contributed by atoms with Crippen LogP contribution in [0.3, 0.4) is 0 Å². The van der Waals surface area contributed by atoms with E-state index in [1.54, 1.807) is 11.3 Å². The summed E-state index contributed by atoms with van der Waals surface area (Å²) in [6.07, 6.45) is 0. The van der Waals surface area contributed by atoms with Crippen LogP contribution in [0.4, 0.5) is 5.82 Å². The summed E-state index contributed by atoms with van der Waals surface area (Å²) in [5.74, 6) is 0.961. The second-order valence-electron chi connectivity index (χ2n) is 4.39. The Morgan fingerprint density at radius 1 is 1.39 bits per heavy atom. The Labute approximate surface area is 111 Å². The molecular formula is C12H18N4OS. The molecule has 5 nitrogen and oxygen atoms in total. The molecule has 2 aromatic rings. The Balaban J connectivity index is 2.29. The van der Waals surface area contributed by atoms with Gasteiger partial charge in [0.1, 0.15) is 5.82 Å². The molecule has 0 amide bonds. The molecule has 0 aliphatic heterocycles. The lowest BCUT2D eigenvalue weighted by Gasteiger charge is -2.20. The van der Waals surface area contributed by atoms with Crippen molar-refractivity contribution in [1.82, 2.24) is 14.8 Å². The van der Waals surface area contributed by atoms with Crippen molar-refractivity contribution in [3.63, 3.8) is 0 Å². The summed E-state index contributed by atoms with van der Waals surface area (Å²) >= 11 is 1.65. The van der Waals surface area contributed by atoms with Crippen LogP contribution >= 0.6 is 11.3 Å². The van der Waals surface area contributed by atoms with E-state index in [1.807, 2.05) is 38.1 Å². The van der Waals surface area contributed by atoms with Crippen molar-refractivity contribution in [2.24, 2.45) is 7.05 Å². The van der Waals surface area contributed by atoms with Gasteiger partial charge in [0, 0.05) is 24.5 Å². The number of aliphatic hydroxyl groups is 1. The minimum atomic E-state index is 0.0149. The maximum Gasteiger partial charge on any atom is 0.132 e. The number of aromatic nitrogens is 3. The fourth-order valence-corrected chi connectivity index (χ4v) is 2.95. The minimum Gasteiger partial charge on any atom is -0.391 e. The van der Waals surface area contributed by atoms with Crippen LogP contribution in [0.1, 0.15) is 21.8 Å². The second-order valence-corrected chi connectivity index (χ2v) is 5.33. The molecule has 2 rings (SSSR count). The largest absolute Gasteiger partial charge is 0.391 e. The number of anilines is 1. The Morgan fingerprint density at radius 2 is 2.11 bits per heavy atom. The fraction of sp³-hybridized carbons (Fsp3) is 0.500. The number of thiazole rings is 1. The third kappa shape index (κ3) is 2.26. The molecular weight excluding hydrogens is 248 g/mol. The van der Waals surface area contributed by atoms with E-state index in [2.05, 4.69) is 15.0 Å². The Kier molecular flexibility index (Phi) is 3.68. The second kappa shape index (κ2) is 5.07. The number of nitrogens with zero attached hydrogens (tertiary/aromatic N) is 4. The summed E-state index contributed by atoms with van der Waals surface area (Å²) in [7, 11) is 3.91. The molecule has 1 N–H and O–H groups in total. The summed E-state index contributed by atoms with van der Waals surface area (Å²) in [6, 6.07) is 0. The molecule has 18 heavy (non-hydrogen) atoms.